The second-order valence-electron chi connectivity index (χ2n) is 10.9. The van der Waals surface area contributed by atoms with Gasteiger partial charge in [-0.25, -0.2) is 9.59 Å². The van der Waals surface area contributed by atoms with Crippen LogP contribution in [0, 0.1) is 0 Å². The van der Waals surface area contributed by atoms with Crippen LogP contribution in [0.1, 0.15) is 73.4 Å². The Labute approximate surface area is 223 Å². The van der Waals surface area contributed by atoms with Gasteiger partial charge in [-0.1, -0.05) is 90.1 Å². The van der Waals surface area contributed by atoms with Crippen molar-refractivity contribution in [1.82, 2.24) is 0 Å². The van der Waals surface area contributed by atoms with Crippen molar-refractivity contribution >= 4 is 22.7 Å². The number of fused-ring (bicyclic) bond motifs is 1. The Bertz CT molecular complexity index is 1270. The Morgan fingerprint density at radius 2 is 0.842 bits per heavy atom. The highest BCUT2D eigenvalue weighted by Gasteiger charge is 2.14. The van der Waals surface area contributed by atoms with E-state index in [0.717, 1.165) is 16.5 Å². The van der Waals surface area contributed by atoms with E-state index in [0.29, 0.717) is 16.5 Å². The molecule has 38 heavy (non-hydrogen) atoms. The normalized spacial score (nSPS) is 11.0. The van der Waals surface area contributed by atoms with E-state index in [1.54, 1.807) is 48.5 Å². The lowest BCUT2D eigenvalue weighted by atomic mass is 9.87. The number of hydrogen-bond donors (Lipinski definition) is 4. The van der Waals surface area contributed by atoms with Gasteiger partial charge in [0.25, 0.3) is 0 Å². The SMILES string of the molecule is CC(C)(C)c1ccc(C(=O)O)cc1.CC(C)(C)c1ccc(C(=O)O)cc1.Oc1cccc2cccc(O)c12. The van der Waals surface area contributed by atoms with Gasteiger partial charge in [0.15, 0.2) is 0 Å². The molecule has 4 N–H and O–H groups in total. The van der Waals surface area contributed by atoms with E-state index in [4.69, 9.17) is 10.2 Å². The summed E-state index contributed by atoms with van der Waals surface area (Å²) in [6.07, 6.45) is 0. The molecule has 0 unspecified atom stereocenters. The first-order valence-electron chi connectivity index (χ1n) is 12.2. The number of aromatic hydroxyl groups is 2. The summed E-state index contributed by atoms with van der Waals surface area (Å²) >= 11 is 0. The van der Waals surface area contributed by atoms with Crippen molar-refractivity contribution in [2.24, 2.45) is 0 Å². The van der Waals surface area contributed by atoms with Gasteiger partial charge in [0, 0.05) is 0 Å². The van der Waals surface area contributed by atoms with Crippen LogP contribution in [-0.4, -0.2) is 32.4 Å². The van der Waals surface area contributed by atoms with Crippen LogP contribution in [0.5, 0.6) is 11.5 Å². The first kappa shape index (κ1) is 29.9. The van der Waals surface area contributed by atoms with E-state index in [9.17, 15) is 19.8 Å². The van der Waals surface area contributed by atoms with Gasteiger partial charge in [0.05, 0.1) is 16.5 Å². The van der Waals surface area contributed by atoms with Crippen molar-refractivity contribution in [3.05, 3.63) is 107 Å². The molecule has 0 radical (unpaired) electrons. The first-order chi connectivity index (χ1) is 17.6. The van der Waals surface area contributed by atoms with Gasteiger partial charge in [-0.05, 0) is 63.7 Å². The highest BCUT2D eigenvalue weighted by Crippen LogP contribution is 2.31. The number of carboxylic acid groups (broad SMARTS) is 2. The second-order valence-corrected chi connectivity index (χ2v) is 10.9. The molecule has 4 aromatic rings. The lowest BCUT2D eigenvalue weighted by Crippen LogP contribution is -2.11. The molecule has 200 valence electrons. The summed E-state index contributed by atoms with van der Waals surface area (Å²) in [5, 5.41) is 37.5. The molecule has 6 nitrogen and oxygen atoms in total. The third-order valence-electron chi connectivity index (χ3n) is 5.86. The van der Waals surface area contributed by atoms with Crippen molar-refractivity contribution in [3.8, 4) is 11.5 Å². The number of aromatic carboxylic acids is 2. The van der Waals surface area contributed by atoms with Crippen LogP contribution in [0.4, 0.5) is 0 Å². The van der Waals surface area contributed by atoms with Crippen LogP contribution in [0.25, 0.3) is 10.8 Å². The standard InChI is InChI=1S/2C11H14O2.C10H8O2/c2*1-11(2,3)9-6-4-8(5-7-9)10(12)13;11-8-5-1-3-7-4-2-6-9(12)10(7)8/h2*4-7H,1-3H3,(H,12,13);1-6,11-12H. The Hall–Kier alpha value is -4.32. The topological polar surface area (TPSA) is 115 Å². The van der Waals surface area contributed by atoms with E-state index < -0.39 is 11.9 Å². The van der Waals surface area contributed by atoms with Crippen LogP contribution in [0.15, 0.2) is 84.9 Å². The summed E-state index contributed by atoms with van der Waals surface area (Å²) < 4.78 is 0. The van der Waals surface area contributed by atoms with E-state index >= 15 is 0 Å². The fraction of sp³-hybridized carbons (Fsp3) is 0.250. The maximum Gasteiger partial charge on any atom is 0.335 e. The van der Waals surface area contributed by atoms with Gasteiger partial charge in [-0.15, -0.1) is 0 Å². The summed E-state index contributed by atoms with van der Waals surface area (Å²) in [4.78, 5) is 21.1. The Kier molecular flexibility index (Phi) is 9.66. The molecular formula is C32H36O6. The molecule has 0 aliphatic rings. The van der Waals surface area contributed by atoms with E-state index in [1.807, 2.05) is 36.4 Å². The number of hydrogen-bond acceptors (Lipinski definition) is 4. The number of phenols is 2. The van der Waals surface area contributed by atoms with Crippen LogP contribution in [0.2, 0.25) is 0 Å². The van der Waals surface area contributed by atoms with Gasteiger partial charge in [0.2, 0.25) is 0 Å². The molecule has 4 rings (SSSR count). The Morgan fingerprint density at radius 1 is 0.526 bits per heavy atom. The molecule has 0 aliphatic heterocycles. The maximum atomic E-state index is 10.6. The Balaban J connectivity index is 0.000000200. The molecule has 0 aromatic heterocycles. The molecule has 0 saturated carbocycles. The summed E-state index contributed by atoms with van der Waals surface area (Å²) in [7, 11) is 0. The third kappa shape index (κ3) is 8.37. The van der Waals surface area contributed by atoms with Gasteiger partial charge >= 0.3 is 11.9 Å². The minimum Gasteiger partial charge on any atom is -0.507 e. The third-order valence-corrected chi connectivity index (χ3v) is 5.86. The average molecular weight is 517 g/mol. The number of carboxylic acids is 2. The predicted molar refractivity (Wildman–Crippen MR) is 151 cm³/mol. The van der Waals surface area contributed by atoms with E-state index in [1.165, 1.54) is 0 Å². The molecule has 0 amide bonds. The van der Waals surface area contributed by atoms with Crippen LogP contribution in [0.3, 0.4) is 0 Å². The van der Waals surface area contributed by atoms with Crippen molar-refractivity contribution in [3.63, 3.8) is 0 Å². The van der Waals surface area contributed by atoms with Gasteiger partial charge < -0.3 is 20.4 Å². The van der Waals surface area contributed by atoms with E-state index in [-0.39, 0.29) is 22.3 Å². The summed E-state index contributed by atoms with van der Waals surface area (Å²) in [6.45, 7) is 12.6. The number of carbonyl (C=O) groups is 2. The molecule has 0 saturated heterocycles. The highest BCUT2D eigenvalue weighted by molar-refractivity contribution is 5.93. The molecule has 0 aliphatic carbocycles. The molecule has 4 aromatic carbocycles. The Morgan fingerprint density at radius 3 is 1.08 bits per heavy atom. The van der Waals surface area contributed by atoms with Gasteiger partial charge in [-0.3, -0.25) is 0 Å². The minimum absolute atomic E-state index is 0.0804. The van der Waals surface area contributed by atoms with Crippen LogP contribution in [-0.2, 0) is 10.8 Å². The van der Waals surface area contributed by atoms with Crippen molar-refractivity contribution in [2.75, 3.05) is 0 Å². The quantitative estimate of drug-likeness (QED) is 0.218. The van der Waals surface area contributed by atoms with Crippen LogP contribution < -0.4 is 0 Å². The van der Waals surface area contributed by atoms with Gasteiger partial charge in [-0.2, -0.15) is 0 Å². The zero-order valence-electron chi connectivity index (χ0n) is 22.7. The lowest BCUT2D eigenvalue weighted by Gasteiger charge is -2.18. The van der Waals surface area contributed by atoms with Crippen LogP contribution >= 0.6 is 0 Å². The first-order valence-corrected chi connectivity index (χ1v) is 12.2. The average Bonchev–Trinajstić information content (AvgIpc) is 2.84. The molecular weight excluding hydrogens is 480 g/mol. The zero-order chi connectivity index (χ0) is 28.7. The molecule has 0 spiro atoms. The number of benzene rings is 4. The summed E-state index contributed by atoms with van der Waals surface area (Å²) in [5.74, 6) is -1.52. The lowest BCUT2D eigenvalue weighted by molar-refractivity contribution is 0.0686. The van der Waals surface area contributed by atoms with Crippen molar-refractivity contribution in [1.29, 1.82) is 0 Å². The maximum absolute atomic E-state index is 10.6. The molecule has 0 bridgehead atoms. The van der Waals surface area contributed by atoms with Gasteiger partial charge in [0.1, 0.15) is 11.5 Å². The molecule has 0 heterocycles. The smallest absolute Gasteiger partial charge is 0.335 e. The summed E-state index contributed by atoms with van der Waals surface area (Å²) in [6, 6.07) is 24.3. The number of phenolic OH excluding ortho intramolecular Hbond substituents is 2. The van der Waals surface area contributed by atoms with E-state index in [2.05, 4.69) is 41.5 Å². The molecule has 6 heteroatoms. The molecule has 0 fully saturated rings. The van der Waals surface area contributed by atoms with Crippen molar-refractivity contribution < 1.29 is 30.0 Å². The van der Waals surface area contributed by atoms with Crippen molar-refractivity contribution in [2.45, 2.75) is 52.4 Å². The number of rotatable bonds is 2. The fourth-order valence-electron chi connectivity index (χ4n) is 3.53. The highest BCUT2D eigenvalue weighted by atomic mass is 16.4. The zero-order valence-corrected chi connectivity index (χ0v) is 22.7. The monoisotopic (exact) mass is 516 g/mol. The molecule has 0 atom stereocenters. The fourth-order valence-corrected chi connectivity index (χ4v) is 3.53. The largest absolute Gasteiger partial charge is 0.507 e. The second kappa shape index (κ2) is 12.3. The predicted octanol–water partition coefficient (Wildman–Crippen LogP) is 7.62. The summed E-state index contributed by atoms with van der Waals surface area (Å²) in [5.41, 5.74) is 3.14. The minimum atomic E-state index is -0.875.